The van der Waals surface area contributed by atoms with E-state index in [1.54, 1.807) is 6.07 Å². The van der Waals surface area contributed by atoms with E-state index in [1.807, 2.05) is 6.92 Å². The van der Waals surface area contributed by atoms with Crippen molar-refractivity contribution in [2.24, 2.45) is 11.7 Å². The van der Waals surface area contributed by atoms with Crippen LogP contribution in [0.4, 0.5) is 0 Å². The first kappa shape index (κ1) is 12.8. The maximum Gasteiger partial charge on any atom is 0.317 e. The van der Waals surface area contributed by atoms with Crippen molar-refractivity contribution in [2.75, 3.05) is 0 Å². The molecule has 0 amide bonds. The van der Waals surface area contributed by atoms with E-state index < -0.39 is 0 Å². The van der Waals surface area contributed by atoms with Gasteiger partial charge in [-0.05, 0) is 38.2 Å². The van der Waals surface area contributed by atoms with Gasteiger partial charge in [0.15, 0.2) is 0 Å². The Hall–Kier alpha value is -1.65. The fourth-order valence-electron chi connectivity index (χ4n) is 2.32. The Morgan fingerprint density at radius 1 is 1.39 bits per heavy atom. The lowest BCUT2D eigenvalue weighted by Crippen LogP contribution is -2.29. The molecule has 0 aromatic carbocycles. The standard InChI is InChI=1S/C13H20N4O/c1-8-5-3-4-6-11(8)18-13-16-9(2)7-10(17-13)12(14)15/h7-8,11H,3-6H2,1-2H3,(H3,14,15). The molecule has 0 saturated heterocycles. The highest BCUT2D eigenvalue weighted by molar-refractivity contribution is 5.93. The number of nitrogen functional groups attached to an aromatic ring is 1. The summed E-state index contributed by atoms with van der Waals surface area (Å²) in [5.74, 6) is 0.477. The van der Waals surface area contributed by atoms with Crippen LogP contribution in [-0.2, 0) is 0 Å². The fraction of sp³-hybridized carbons (Fsp3) is 0.615. The first-order valence-electron chi connectivity index (χ1n) is 6.43. The van der Waals surface area contributed by atoms with Crippen molar-refractivity contribution >= 4 is 5.84 Å². The number of nitrogens with two attached hydrogens (primary N) is 1. The molecule has 2 rings (SSSR count). The first-order valence-corrected chi connectivity index (χ1v) is 6.43. The van der Waals surface area contributed by atoms with Crippen LogP contribution in [0.1, 0.15) is 44.0 Å². The van der Waals surface area contributed by atoms with E-state index in [9.17, 15) is 0 Å². The van der Waals surface area contributed by atoms with E-state index >= 15 is 0 Å². The van der Waals surface area contributed by atoms with E-state index in [4.69, 9.17) is 15.9 Å². The van der Waals surface area contributed by atoms with Crippen molar-refractivity contribution in [2.45, 2.75) is 45.6 Å². The molecule has 0 aliphatic heterocycles. The molecular weight excluding hydrogens is 228 g/mol. The van der Waals surface area contributed by atoms with Crippen LogP contribution >= 0.6 is 0 Å². The normalized spacial score (nSPS) is 23.7. The number of nitrogens with one attached hydrogen (secondary N) is 1. The van der Waals surface area contributed by atoms with Crippen LogP contribution < -0.4 is 10.5 Å². The topological polar surface area (TPSA) is 84.9 Å². The highest BCUT2D eigenvalue weighted by Crippen LogP contribution is 2.26. The van der Waals surface area contributed by atoms with Gasteiger partial charge >= 0.3 is 6.01 Å². The van der Waals surface area contributed by atoms with Crippen LogP contribution in [0, 0.1) is 18.3 Å². The molecule has 1 aromatic heterocycles. The molecule has 5 heteroatoms. The summed E-state index contributed by atoms with van der Waals surface area (Å²) in [7, 11) is 0. The molecule has 0 spiro atoms. The molecule has 1 saturated carbocycles. The second-order valence-corrected chi connectivity index (χ2v) is 5.01. The van der Waals surface area contributed by atoms with Crippen molar-refractivity contribution in [3.8, 4) is 6.01 Å². The SMILES string of the molecule is Cc1cc(C(=N)N)nc(OC2CCCCC2C)n1. The lowest BCUT2D eigenvalue weighted by Gasteiger charge is -2.28. The average molecular weight is 248 g/mol. The summed E-state index contributed by atoms with van der Waals surface area (Å²) >= 11 is 0. The molecule has 1 fully saturated rings. The Labute approximate surface area is 107 Å². The third kappa shape index (κ3) is 2.97. The molecule has 1 heterocycles. The van der Waals surface area contributed by atoms with Crippen molar-refractivity contribution in [1.29, 1.82) is 5.41 Å². The number of nitrogens with zero attached hydrogens (tertiary/aromatic N) is 2. The zero-order valence-corrected chi connectivity index (χ0v) is 10.9. The summed E-state index contributed by atoms with van der Waals surface area (Å²) in [4.78, 5) is 8.44. The Kier molecular flexibility index (Phi) is 3.79. The quantitative estimate of drug-likeness (QED) is 0.633. The van der Waals surface area contributed by atoms with E-state index in [0.29, 0.717) is 17.6 Å². The first-order chi connectivity index (χ1) is 8.56. The zero-order valence-electron chi connectivity index (χ0n) is 10.9. The monoisotopic (exact) mass is 248 g/mol. The largest absolute Gasteiger partial charge is 0.460 e. The summed E-state index contributed by atoms with van der Waals surface area (Å²) < 4.78 is 5.86. The van der Waals surface area contributed by atoms with Gasteiger partial charge in [0.25, 0.3) is 0 Å². The molecule has 2 unspecified atom stereocenters. The van der Waals surface area contributed by atoms with E-state index in [0.717, 1.165) is 12.1 Å². The third-order valence-electron chi connectivity index (χ3n) is 3.40. The van der Waals surface area contributed by atoms with Gasteiger partial charge in [-0.2, -0.15) is 4.98 Å². The van der Waals surface area contributed by atoms with Crippen molar-refractivity contribution in [3.05, 3.63) is 17.5 Å². The van der Waals surface area contributed by atoms with Gasteiger partial charge < -0.3 is 10.5 Å². The van der Waals surface area contributed by atoms with Gasteiger partial charge in [0.05, 0.1) is 0 Å². The Bertz CT molecular complexity index is 447. The lowest BCUT2D eigenvalue weighted by molar-refractivity contribution is 0.0920. The predicted octanol–water partition coefficient (Wildman–Crippen LogP) is 2.03. The van der Waals surface area contributed by atoms with Gasteiger partial charge in [0.2, 0.25) is 0 Å². The highest BCUT2D eigenvalue weighted by atomic mass is 16.5. The van der Waals surface area contributed by atoms with E-state index in [-0.39, 0.29) is 11.9 Å². The predicted molar refractivity (Wildman–Crippen MR) is 69.8 cm³/mol. The van der Waals surface area contributed by atoms with Crippen LogP contribution in [0.15, 0.2) is 6.07 Å². The Balaban J connectivity index is 2.15. The number of ether oxygens (including phenoxy) is 1. The molecular formula is C13H20N4O. The minimum absolute atomic E-state index is 0.0537. The minimum atomic E-state index is -0.0537. The minimum Gasteiger partial charge on any atom is -0.460 e. The number of hydrogen-bond acceptors (Lipinski definition) is 4. The fourth-order valence-corrected chi connectivity index (χ4v) is 2.32. The lowest BCUT2D eigenvalue weighted by atomic mass is 9.88. The third-order valence-corrected chi connectivity index (χ3v) is 3.40. The molecule has 1 aliphatic rings. The molecule has 3 N–H and O–H groups in total. The number of amidine groups is 1. The van der Waals surface area contributed by atoms with Gasteiger partial charge in [0, 0.05) is 5.69 Å². The highest BCUT2D eigenvalue weighted by Gasteiger charge is 2.24. The summed E-state index contributed by atoms with van der Waals surface area (Å²) in [6.45, 7) is 4.05. The molecule has 1 aromatic rings. The van der Waals surface area contributed by atoms with Crippen LogP contribution in [-0.4, -0.2) is 21.9 Å². The summed E-state index contributed by atoms with van der Waals surface area (Å²) in [6, 6.07) is 2.04. The van der Waals surface area contributed by atoms with E-state index in [2.05, 4.69) is 16.9 Å². The Morgan fingerprint density at radius 3 is 2.78 bits per heavy atom. The molecule has 5 nitrogen and oxygen atoms in total. The van der Waals surface area contributed by atoms with Gasteiger partial charge in [-0.25, -0.2) is 4.98 Å². The van der Waals surface area contributed by atoms with Gasteiger partial charge in [0.1, 0.15) is 17.6 Å². The van der Waals surface area contributed by atoms with Crippen molar-refractivity contribution < 1.29 is 4.74 Å². The van der Waals surface area contributed by atoms with Crippen molar-refractivity contribution in [3.63, 3.8) is 0 Å². The zero-order chi connectivity index (χ0) is 13.1. The molecule has 2 atom stereocenters. The molecule has 0 radical (unpaired) electrons. The molecule has 98 valence electrons. The maximum atomic E-state index is 7.42. The smallest absolute Gasteiger partial charge is 0.317 e. The number of aromatic nitrogens is 2. The maximum absolute atomic E-state index is 7.42. The average Bonchev–Trinajstić information content (AvgIpc) is 2.31. The second-order valence-electron chi connectivity index (χ2n) is 5.01. The van der Waals surface area contributed by atoms with Crippen LogP contribution in [0.2, 0.25) is 0 Å². The molecule has 0 bridgehead atoms. The van der Waals surface area contributed by atoms with Crippen molar-refractivity contribution in [1.82, 2.24) is 9.97 Å². The van der Waals surface area contributed by atoms with Gasteiger partial charge in [-0.3, -0.25) is 5.41 Å². The Morgan fingerprint density at radius 2 is 2.11 bits per heavy atom. The molecule has 1 aliphatic carbocycles. The van der Waals surface area contributed by atoms with Gasteiger partial charge in [-0.1, -0.05) is 13.3 Å². The van der Waals surface area contributed by atoms with Crippen LogP contribution in [0.25, 0.3) is 0 Å². The number of aryl methyl sites for hydroxylation is 1. The number of rotatable bonds is 3. The molecule has 18 heavy (non-hydrogen) atoms. The van der Waals surface area contributed by atoms with Gasteiger partial charge in [-0.15, -0.1) is 0 Å². The summed E-state index contributed by atoms with van der Waals surface area (Å²) in [5.41, 5.74) is 6.65. The summed E-state index contributed by atoms with van der Waals surface area (Å²) in [5, 5.41) is 7.42. The van der Waals surface area contributed by atoms with Crippen LogP contribution in [0.3, 0.4) is 0 Å². The summed E-state index contributed by atoms with van der Waals surface area (Å²) in [6.07, 6.45) is 4.89. The van der Waals surface area contributed by atoms with Crippen LogP contribution in [0.5, 0.6) is 6.01 Å². The second kappa shape index (κ2) is 5.33. The van der Waals surface area contributed by atoms with E-state index in [1.165, 1.54) is 19.3 Å². The number of hydrogen-bond donors (Lipinski definition) is 2.